The molecule has 148 valence electrons. The SMILES string of the molecule is Cc1cc(N[C@H]2CCCN(C3COC3)C2)nnc1-c1ccc(C2CC2)cc1O. The number of aromatic hydroxyl groups is 1. The number of aryl methyl sites for hydroxylation is 1. The summed E-state index contributed by atoms with van der Waals surface area (Å²) in [5.41, 5.74) is 3.76. The maximum absolute atomic E-state index is 10.5. The summed E-state index contributed by atoms with van der Waals surface area (Å²) in [6, 6.07) is 9.00. The van der Waals surface area contributed by atoms with E-state index in [-0.39, 0.29) is 0 Å². The molecule has 1 atom stereocenters. The van der Waals surface area contributed by atoms with Crippen molar-refractivity contribution >= 4 is 5.82 Å². The van der Waals surface area contributed by atoms with Crippen molar-refractivity contribution in [1.29, 1.82) is 0 Å². The first-order valence-corrected chi connectivity index (χ1v) is 10.4. The largest absolute Gasteiger partial charge is 0.507 e. The molecule has 0 amide bonds. The fourth-order valence-corrected chi connectivity index (χ4v) is 4.34. The summed E-state index contributed by atoms with van der Waals surface area (Å²) >= 11 is 0. The van der Waals surface area contributed by atoms with Gasteiger partial charge in [0.2, 0.25) is 0 Å². The zero-order valence-electron chi connectivity index (χ0n) is 16.4. The van der Waals surface area contributed by atoms with Crippen LogP contribution in [0.15, 0.2) is 24.3 Å². The second kappa shape index (κ2) is 7.33. The topological polar surface area (TPSA) is 70.5 Å². The smallest absolute Gasteiger partial charge is 0.149 e. The molecule has 1 aromatic carbocycles. The molecule has 5 rings (SSSR count). The van der Waals surface area contributed by atoms with Crippen LogP contribution >= 0.6 is 0 Å². The van der Waals surface area contributed by atoms with E-state index in [4.69, 9.17) is 4.74 Å². The zero-order valence-corrected chi connectivity index (χ0v) is 16.4. The number of hydrogen-bond acceptors (Lipinski definition) is 6. The molecule has 3 aliphatic rings. The van der Waals surface area contributed by atoms with Crippen LogP contribution in [0.25, 0.3) is 11.3 Å². The van der Waals surface area contributed by atoms with E-state index >= 15 is 0 Å². The summed E-state index contributed by atoms with van der Waals surface area (Å²) in [5, 5.41) is 22.9. The van der Waals surface area contributed by atoms with E-state index in [1.165, 1.54) is 24.8 Å². The minimum absolute atomic E-state index is 0.299. The molecule has 2 aromatic rings. The molecule has 1 aromatic heterocycles. The van der Waals surface area contributed by atoms with Crippen molar-refractivity contribution in [3.63, 3.8) is 0 Å². The Hall–Kier alpha value is -2.18. The molecule has 6 heteroatoms. The molecule has 3 heterocycles. The Bertz CT molecular complexity index is 864. The maximum atomic E-state index is 10.5. The maximum Gasteiger partial charge on any atom is 0.149 e. The zero-order chi connectivity index (χ0) is 19.1. The van der Waals surface area contributed by atoms with Gasteiger partial charge in [0, 0.05) is 18.2 Å². The molecule has 2 aliphatic heterocycles. The van der Waals surface area contributed by atoms with Crippen LogP contribution in [0.4, 0.5) is 5.82 Å². The number of aromatic nitrogens is 2. The van der Waals surface area contributed by atoms with Gasteiger partial charge >= 0.3 is 0 Å². The standard InChI is InChI=1S/C22H28N4O2/c1-14-9-21(23-17-3-2-8-26(11-17)18-12-28-13-18)24-25-22(14)19-7-6-16(10-20(19)27)15-4-5-15/h6-7,9-10,15,17-18,27H,2-5,8,11-13H2,1H3,(H,23,24)/t17-/m0/s1. The Morgan fingerprint density at radius 3 is 2.68 bits per heavy atom. The highest BCUT2D eigenvalue weighted by Crippen LogP contribution is 2.43. The van der Waals surface area contributed by atoms with Crippen LogP contribution in [0.5, 0.6) is 5.75 Å². The fraction of sp³-hybridized carbons (Fsp3) is 0.545. The van der Waals surface area contributed by atoms with E-state index in [0.29, 0.717) is 23.8 Å². The summed E-state index contributed by atoms with van der Waals surface area (Å²) < 4.78 is 5.34. The van der Waals surface area contributed by atoms with Gasteiger partial charge in [-0.1, -0.05) is 6.07 Å². The number of rotatable bonds is 5. The van der Waals surface area contributed by atoms with E-state index in [0.717, 1.165) is 55.4 Å². The number of ether oxygens (including phenoxy) is 1. The predicted molar refractivity (Wildman–Crippen MR) is 109 cm³/mol. The number of hydrogen-bond donors (Lipinski definition) is 2. The Morgan fingerprint density at radius 1 is 1.14 bits per heavy atom. The van der Waals surface area contributed by atoms with Gasteiger partial charge in [-0.15, -0.1) is 10.2 Å². The molecule has 0 unspecified atom stereocenters. The molecule has 0 spiro atoms. The number of anilines is 1. The lowest BCUT2D eigenvalue weighted by atomic mass is 10.0. The summed E-state index contributed by atoms with van der Waals surface area (Å²) in [6.45, 7) is 5.95. The highest BCUT2D eigenvalue weighted by Gasteiger charge is 2.30. The lowest BCUT2D eigenvalue weighted by Gasteiger charge is -2.42. The molecule has 1 saturated carbocycles. The van der Waals surface area contributed by atoms with Crippen LogP contribution in [0, 0.1) is 6.92 Å². The number of likely N-dealkylation sites (tertiary alicyclic amines) is 1. The average Bonchev–Trinajstić information content (AvgIpc) is 3.46. The molecule has 6 nitrogen and oxygen atoms in total. The molecular formula is C22H28N4O2. The van der Waals surface area contributed by atoms with Crippen LogP contribution in [0.2, 0.25) is 0 Å². The second-order valence-corrected chi connectivity index (χ2v) is 8.48. The predicted octanol–water partition coefficient (Wildman–Crippen LogP) is 3.31. The minimum atomic E-state index is 0.299. The van der Waals surface area contributed by atoms with Gasteiger partial charge in [0.25, 0.3) is 0 Å². The van der Waals surface area contributed by atoms with Crippen LogP contribution in [0.3, 0.4) is 0 Å². The lowest BCUT2D eigenvalue weighted by Crippen LogP contribution is -2.54. The third kappa shape index (κ3) is 3.59. The van der Waals surface area contributed by atoms with Gasteiger partial charge in [0.05, 0.1) is 24.9 Å². The summed E-state index contributed by atoms with van der Waals surface area (Å²) in [4.78, 5) is 2.53. The monoisotopic (exact) mass is 380 g/mol. The molecule has 0 bridgehead atoms. The highest BCUT2D eigenvalue weighted by molar-refractivity contribution is 5.70. The minimum Gasteiger partial charge on any atom is -0.507 e. The molecule has 1 aliphatic carbocycles. The van der Waals surface area contributed by atoms with E-state index < -0.39 is 0 Å². The van der Waals surface area contributed by atoms with Crippen LogP contribution in [-0.4, -0.2) is 58.6 Å². The number of piperidine rings is 1. The van der Waals surface area contributed by atoms with E-state index in [9.17, 15) is 5.11 Å². The van der Waals surface area contributed by atoms with Gasteiger partial charge in [-0.2, -0.15) is 0 Å². The first kappa shape index (κ1) is 17.9. The first-order valence-electron chi connectivity index (χ1n) is 10.4. The van der Waals surface area contributed by atoms with Gasteiger partial charge in [0.15, 0.2) is 0 Å². The third-order valence-corrected chi connectivity index (χ3v) is 6.25. The number of nitrogens with zero attached hydrogens (tertiary/aromatic N) is 3. The summed E-state index contributed by atoms with van der Waals surface area (Å²) in [6.07, 6.45) is 4.80. The Morgan fingerprint density at radius 2 is 2.00 bits per heavy atom. The molecule has 3 fully saturated rings. The molecule has 0 radical (unpaired) electrons. The quantitative estimate of drug-likeness (QED) is 0.829. The van der Waals surface area contributed by atoms with Crippen LogP contribution in [-0.2, 0) is 4.74 Å². The number of nitrogens with one attached hydrogen (secondary N) is 1. The Kier molecular flexibility index (Phi) is 4.69. The van der Waals surface area contributed by atoms with E-state index in [1.807, 2.05) is 25.1 Å². The average molecular weight is 380 g/mol. The van der Waals surface area contributed by atoms with Crippen molar-refractivity contribution in [2.75, 3.05) is 31.6 Å². The van der Waals surface area contributed by atoms with Crippen LogP contribution in [0.1, 0.15) is 42.7 Å². The van der Waals surface area contributed by atoms with Gasteiger partial charge in [-0.05, 0) is 74.4 Å². The Balaban J connectivity index is 1.29. The van der Waals surface area contributed by atoms with Gasteiger partial charge in [-0.3, -0.25) is 4.90 Å². The van der Waals surface area contributed by atoms with Crippen molar-refractivity contribution < 1.29 is 9.84 Å². The second-order valence-electron chi connectivity index (χ2n) is 8.48. The van der Waals surface area contributed by atoms with E-state index in [1.54, 1.807) is 0 Å². The third-order valence-electron chi connectivity index (χ3n) is 6.25. The van der Waals surface area contributed by atoms with Crippen molar-refractivity contribution in [3.8, 4) is 17.0 Å². The molecule has 2 N–H and O–H groups in total. The first-order chi connectivity index (χ1) is 13.7. The van der Waals surface area contributed by atoms with Crippen molar-refractivity contribution in [3.05, 3.63) is 35.4 Å². The molecule has 2 saturated heterocycles. The molecular weight excluding hydrogens is 352 g/mol. The number of phenols is 1. The molecule has 28 heavy (non-hydrogen) atoms. The Labute approximate surface area is 165 Å². The summed E-state index contributed by atoms with van der Waals surface area (Å²) in [7, 11) is 0. The highest BCUT2D eigenvalue weighted by atomic mass is 16.5. The normalized spacial score (nSPS) is 23.4. The number of phenolic OH excluding ortho intramolecular Hbond substituents is 1. The van der Waals surface area contributed by atoms with E-state index in [2.05, 4.69) is 26.5 Å². The lowest BCUT2D eigenvalue weighted by molar-refractivity contribution is -0.0710. The van der Waals surface area contributed by atoms with Gasteiger partial charge < -0.3 is 15.2 Å². The number of benzene rings is 1. The van der Waals surface area contributed by atoms with Crippen molar-refractivity contribution in [2.45, 2.75) is 50.6 Å². The van der Waals surface area contributed by atoms with Crippen LogP contribution < -0.4 is 5.32 Å². The fourth-order valence-electron chi connectivity index (χ4n) is 4.34. The van der Waals surface area contributed by atoms with Gasteiger partial charge in [0.1, 0.15) is 11.6 Å². The van der Waals surface area contributed by atoms with Gasteiger partial charge in [-0.25, -0.2) is 0 Å². The van der Waals surface area contributed by atoms with Crippen molar-refractivity contribution in [1.82, 2.24) is 15.1 Å². The summed E-state index contributed by atoms with van der Waals surface area (Å²) in [5.74, 6) is 1.74. The van der Waals surface area contributed by atoms with Crippen molar-refractivity contribution in [2.24, 2.45) is 0 Å².